The minimum Gasteiger partial charge on any atom is -0.298 e. The third-order valence-corrected chi connectivity index (χ3v) is 2.20. The summed E-state index contributed by atoms with van der Waals surface area (Å²) in [4.78, 5) is 11.1. The molecule has 0 aromatic rings. The van der Waals surface area contributed by atoms with Crippen molar-refractivity contribution < 1.29 is 4.79 Å². The van der Waals surface area contributed by atoms with Gasteiger partial charge in [-0.1, -0.05) is 6.92 Å². The van der Waals surface area contributed by atoms with E-state index in [1.54, 1.807) is 0 Å². The average Bonchev–Trinajstić information content (AvgIpc) is 2.30. The fraction of sp³-hybridized carbons (Fsp3) is 0.750. The van der Waals surface area contributed by atoms with Crippen LogP contribution >= 0.6 is 0 Å². The topological polar surface area (TPSA) is 40.9 Å². The van der Waals surface area contributed by atoms with Gasteiger partial charge in [0.2, 0.25) is 0 Å². The van der Waals surface area contributed by atoms with Gasteiger partial charge in [-0.2, -0.15) is 5.26 Å². The number of carbonyl (C=O) groups is 1. The standard InChI is InChI=1S/C8H11NO/c1-2-6-3-4-7(5-9)8(6)10/h6-7H,2-4H2,1H3. The van der Waals surface area contributed by atoms with E-state index in [0.29, 0.717) is 0 Å². The van der Waals surface area contributed by atoms with Gasteiger partial charge in [0.25, 0.3) is 0 Å². The number of ketones is 1. The Morgan fingerprint density at radius 2 is 2.40 bits per heavy atom. The molecular weight excluding hydrogens is 126 g/mol. The van der Waals surface area contributed by atoms with Gasteiger partial charge in [0.05, 0.1) is 6.07 Å². The van der Waals surface area contributed by atoms with Gasteiger partial charge >= 0.3 is 0 Å². The van der Waals surface area contributed by atoms with Gasteiger partial charge in [-0.25, -0.2) is 0 Å². The molecule has 0 amide bonds. The van der Waals surface area contributed by atoms with Crippen molar-refractivity contribution in [2.45, 2.75) is 26.2 Å². The second kappa shape index (κ2) is 2.83. The monoisotopic (exact) mass is 137 g/mol. The first-order valence-corrected chi connectivity index (χ1v) is 3.73. The van der Waals surface area contributed by atoms with Crippen molar-refractivity contribution in [2.24, 2.45) is 11.8 Å². The van der Waals surface area contributed by atoms with Gasteiger partial charge in [0, 0.05) is 5.92 Å². The molecule has 0 saturated heterocycles. The molecule has 2 heteroatoms. The number of hydrogen-bond acceptors (Lipinski definition) is 2. The molecule has 2 unspecified atom stereocenters. The highest BCUT2D eigenvalue weighted by molar-refractivity contribution is 5.87. The van der Waals surface area contributed by atoms with Gasteiger partial charge in [0.1, 0.15) is 5.92 Å². The quantitative estimate of drug-likeness (QED) is 0.549. The van der Waals surface area contributed by atoms with Crippen LogP contribution < -0.4 is 0 Å². The molecule has 1 saturated carbocycles. The van der Waals surface area contributed by atoms with Gasteiger partial charge in [-0.05, 0) is 19.3 Å². The Kier molecular flexibility index (Phi) is 2.06. The van der Waals surface area contributed by atoms with E-state index in [2.05, 4.69) is 0 Å². The van der Waals surface area contributed by atoms with Crippen LogP contribution in [0.5, 0.6) is 0 Å². The molecule has 1 rings (SSSR count). The molecule has 0 N–H and O–H groups in total. The SMILES string of the molecule is CCC1CCC(C#N)C1=O. The van der Waals surface area contributed by atoms with Crippen molar-refractivity contribution in [2.75, 3.05) is 0 Å². The van der Waals surface area contributed by atoms with E-state index in [0.717, 1.165) is 19.3 Å². The lowest BCUT2D eigenvalue weighted by atomic mass is 10.0. The summed E-state index contributed by atoms with van der Waals surface area (Å²) in [5.74, 6) is 0.0691. The highest BCUT2D eigenvalue weighted by Gasteiger charge is 2.32. The summed E-state index contributed by atoms with van der Waals surface area (Å²) in [5, 5.41) is 8.48. The number of nitriles is 1. The zero-order valence-corrected chi connectivity index (χ0v) is 6.13. The molecule has 0 aliphatic heterocycles. The fourth-order valence-electron chi connectivity index (χ4n) is 1.47. The first-order chi connectivity index (χ1) is 4.79. The fourth-order valence-corrected chi connectivity index (χ4v) is 1.47. The summed E-state index contributed by atoms with van der Waals surface area (Å²) >= 11 is 0. The lowest BCUT2D eigenvalue weighted by Crippen LogP contribution is -2.11. The van der Waals surface area contributed by atoms with E-state index in [1.165, 1.54) is 0 Å². The zero-order valence-electron chi connectivity index (χ0n) is 6.13. The molecule has 0 heterocycles. The molecule has 10 heavy (non-hydrogen) atoms. The summed E-state index contributed by atoms with van der Waals surface area (Å²) in [5.41, 5.74) is 0. The van der Waals surface area contributed by atoms with E-state index < -0.39 is 0 Å². The van der Waals surface area contributed by atoms with Crippen LogP contribution in [0.1, 0.15) is 26.2 Å². The minimum absolute atomic E-state index is 0.171. The molecular formula is C8H11NO. The number of nitrogens with zero attached hydrogens (tertiary/aromatic N) is 1. The van der Waals surface area contributed by atoms with E-state index >= 15 is 0 Å². The molecule has 0 aromatic heterocycles. The lowest BCUT2D eigenvalue weighted by molar-refractivity contribution is -0.122. The lowest BCUT2D eigenvalue weighted by Gasteiger charge is -2.00. The Labute approximate surface area is 60.8 Å². The van der Waals surface area contributed by atoms with E-state index in [9.17, 15) is 4.79 Å². The van der Waals surface area contributed by atoms with E-state index in [1.807, 2.05) is 13.0 Å². The number of carbonyl (C=O) groups excluding carboxylic acids is 1. The largest absolute Gasteiger partial charge is 0.298 e. The third-order valence-electron chi connectivity index (χ3n) is 2.20. The highest BCUT2D eigenvalue weighted by atomic mass is 16.1. The molecule has 54 valence electrons. The van der Waals surface area contributed by atoms with Crippen LogP contribution in [0.15, 0.2) is 0 Å². The summed E-state index contributed by atoms with van der Waals surface area (Å²) in [7, 11) is 0. The summed E-state index contributed by atoms with van der Waals surface area (Å²) in [6.07, 6.45) is 2.61. The summed E-state index contributed by atoms with van der Waals surface area (Å²) < 4.78 is 0. The van der Waals surface area contributed by atoms with Crippen molar-refractivity contribution in [1.82, 2.24) is 0 Å². The Balaban J connectivity index is 2.60. The second-order valence-corrected chi connectivity index (χ2v) is 2.77. The predicted molar refractivity (Wildman–Crippen MR) is 37.1 cm³/mol. The molecule has 0 bridgehead atoms. The highest BCUT2D eigenvalue weighted by Crippen LogP contribution is 2.28. The van der Waals surface area contributed by atoms with Crippen LogP contribution in [-0.4, -0.2) is 5.78 Å². The van der Waals surface area contributed by atoms with Crippen molar-refractivity contribution in [3.05, 3.63) is 0 Å². The molecule has 1 fully saturated rings. The average molecular weight is 137 g/mol. The molecule has 0 radical (unpaired) electrons. The molecule has 2 nitrogen and oxygen atoms in total. The minimum atomic E-state index is -0.287. The number of hydrogen-bond donors (Lipinski definition) is 0. The third kappa shape index (κ3) is 1.04. The Bertz CT molecular complexity index is 180. The van der Waals surface area contributed by atoms with E-state index in [-0.39, 0.29) is 17.6 Å². The number of Topliss-reactive ketones (excluding diaryl/α,β-unsaturated/α-hetero) is 1. The molecule has 2 atom stereocenters. The maximum absolute atomic E-state index is 11.1. The van der Waals surface area contributed by atoms with Crippen LogP contribution in [0.4, 0.5) is 0 Å². The van der Waals surface area contributed by atoms with Crippen LogP contribution in [-0.2, 0) is 4.79 Å². The molecule has 1 aliphatic carbocycles. The maximum atomic E-state index is 11.1. The van der Waals surface area contributed by atoms with Crippen molar-refractivity contribution in [3.63, 3.8) is 0 Å². The molecule has 1 aliphatic rings. The first-order valence-electron chi connectivity index (χ1n) is 3.73. The van der Waals surface area contributed by atoms with Gasteiger partial charge in [-0.15, -0.1) is 0 Å². The van der Waals surface area contributed by atoms with Crippen LogP contribution in [0.3, 0.4) is 0 Å². The summed E-state index contributed by atoms with van der Waals surface area (Å²) in [6.45, 7) is 2.00. The summed E-state index contributed by atoms with van der Waals surface area (Å²) in [6, 6.07) is 2.03. The molecule has 0 aromatic carbocycles. The zero-order chi connectivity index (χ0) is 7.56. The Morgan fingerprint density at radius 1 is 1.70 bits per heavy atom. The Morgan fingerprint density at radius 3 is 2.70 bits per heavy atom. The van der Waals surface area contributed by atoms with Crippen LogP contribution in [0.2, 0.25) is 0 Å². The maximum Gasteiger partial charge on any atom is 0.153 e. The van der Waals surface area contributed by atoms with Crippen molar-refractivity contribution >= 4 is 5.78 Å². The first kappa shape index (κ1) is 7.27. The van der Waals surface area contributed by atoms with E-state index in [4.69, 9.17) is 5.26 Å². The van der Waals surface area contributed by atoms with Crippen molar-refractivity contribution in [1.29, 1.82) is 5.26 Å². The van der Waals surface area contributed by atoms with Crippen molar-refractivity contribution in [3.8, 4) is 6.07 Å². The van der Waals surface area contributed by atoms with Gasteiger partial charge < -0.3 is 0 Å². The van der Waals surface area contributed by atoms with Crippen LogP contribution in [0.25, 0.3) is 0 Å². The van der Waals surface area contributed by atoms with Gasteiger partial charge in [0.15, 0.2) is 5.78 Å². The predicted octanol–water partition coefficient (Wildman–Crippen LogP) is 1.52. The second-order valence-electron chi connectivity index (χ2n) is 2.77. The smallest absolute Gasteiger partial charge is 0.153 e. The normalized spacial score (nSPS) is 32.2. The number of rotatable bonds is 1. The van der Waals surface area contributed by atoms with Gasteiger partial charge in [-0.3, -0.25) is 4.79 Å². The Hall–Kier alpha value is -0.840. The van der Waals surface area contributed by atoms with Crippen LogP contribution in [0, 0.1) is 23.2 Å². The molecule has 0 spiro atoms.